The van der Waals surface area contributed by atoms with Gasteiger partial charge in [-0.15, -0.1) is 0 Å². The molecule has 0 saturated carbocycles. The SMILES string of the molecule is CC[CH2][SnH2][CH2]C(Cl)Cl. The van der Waals surface area contributed by atoms with Crippen LogP contribution >= 0.6 is 23.2 Å². The van der Waals surface area contributed by atoms with E-state index in [2.05, 4.69) is 6.92 Å². The molecule has 3 heteroatoms. The molecule has 0 aromatic carbocycles. The predicted octanol–water partition coefficient (Wildman–Crippen LogP) is 2.21. The second-order valence-electron chi connectivity index (χ2n) is 1.89. The number of hydrogen-bond donors (Lipinski definition) is 0. The fourth-order valence-corrected chi connectivity index (χ4v) is 5.75. The molecular weight excluding hydrogens is 250 g/mol. The van der Waals surface area contributed by atoms with Crippen molar-refractivity contribution in [3.63, 3.8) is 0 Å². The standard InChI is InChI=1S/C3H7.C2H3Cl2.Sn.2H/c1-3-2;1-2(3)4;;;/h1,3H2,2H3;2H,1H2;;;. The van der Waals surface area contributed by atoms with Crippen molar-refractivity contribution in [2.24, 2.45) is 0 Å². The third-order valence-electron chi connectivity index (χ3n) is 1.03. The molecule has 0 spiro atoms. The van der Waals surface area contributed by atoms with Crippen LogP contribution in [0.4, 0.5) is 0 Å². The van der Waals surface area contributed by atoms with Crippen molar-refractivity contribution in [1.82, 2.24) is 0 Å². The molecule has 0 N–H and O–H groups in total. The average Bonchev–Trinajstić information content (AvgIpc) is 1.66. The van der Waals surface area contributed by atoms with Gasteiger partial charge in [-0.05, 0) is 0 Å². The predicted molar refractivity (Wildman–Crippen MR) is 43.9 cm³/mol. The molecular formula is C5H12Cl2Sn. The Morgan fingerprint density at radius 1 is 1.50 bits per heavy atom. The Kier molecular flexibility index (Phi) is 7.62. The number of rotatable bonds is 4. The molecule has 0 aromatic heterocycles. The van der Waals surface area contributed by atoms with Crippen molar-refractivity contribution < 1.29 is 0 Å². The van der Waals surface area contributed by atoms with Crippen molar-refractivity contribution in [2.75, 3.05) is 0 Å². The van der Waals surface area contributed by atoms with Crippen molar-refractivity contribution >= 4 is 44.3 Å². The molecule has 0 amide bonds. The normalized spacial score (nSPS) is 12.0. The molecule has 0 radical (unpaired) electrons. The second-order valence-corrected chi connectivity index (χ2v) is 8.85. The van der Waals surface area contributed by atoms with Gasteiger partial charge in [0.15, 0.2) is 0 Å². The average molecular weight is 262 g/mol. The first-order chi connectivity index (χ1) is 3.77. The molecule has 0 aliphatic heterocycles. The summed E-state index contributed by atoms with van der Waals surface area (Å²) in [6.45, 7) is 2.22. The zero-order valence-electron chi connectivity index (χ0n) is 5.16. The van der Waals surface area contributed by atoms with E-state index in [1.54, 1.807) is 0 Å². The third kappa shape index (κ3) is 7.38. The molecule has 0 heterocycles. The number of halogens is 2. The Hall–Kier alpha value is 1.38. The summed E-state index contributed by atoms with van der Waals surface area (Å²) >= 11 is 10.6. The maximum atomic E-state index is 5.53. The minimum absolute atomic E-state index is 0.0580. The van der Waals surface area contributed by atoms with Crippen molar-refractivity contribution in [1.29, 1.82) is 0 Å². The van der Waals surface area contributed by atoms with Crippen LogP contribution in [0.1, 0.15) is 13.3 Å². The summed E-state index contributed by atoms with van der Waals surface area (Å²) in [6, 6.07) is 0. The van der Waals surface area contributed by atoms with Gasteiger partial charge in [-0.25, -0.2) is 0 Å². The van der Waals surface area contributed by atoms with E-state index in [9.17, 15) is 0 Å². The van der Waals surface area contributed by atoms with Gasteiger partial charge in [0.2, 0.25) is 0 Å². The van der Waals surface area contributed by atoms with Gasteiger partial charge in [0, 0.05) is 0 Å². The van der Waals surface area contributed by atoms with Crippen LogP contribution in [0.25, 0.3) is 0 Å². The molecule has 0 aromatic rings. The van der Waals surface area contributed by atoms with Gasteiger partial charge in [-0.1, -0.05) is 0 Å². The quantitative estimate of drug-likeness (QED) is 0.414. The fraction of sp³-hybridized carbons (Fsp3) is 1.00. The molecule has 0 aliphatic rings. The van der Waals surface area contributed by atoms with Crippen LogP contribution in [0.3, 0.4) is 0 Å². The monoisotopic (exact) mass is 262 g/mol. The Morgan fingerprint density at radius 3 is 2.50 bits per heavy atom. The van der Waals surface area contributed by atoms with Gasteiger partial charge in [-0.2, -0.15) is 0 Å². The van der Waals surface area contributed by atoms with Crippen LogP contribution in [0.15, 0.2) is 0 Å². The van der Waals surface area contributed by atoms with Gasteiger partial charge in [0.25, 0.3) is 0 Å². The van der Waals surface area contributed by atoms with Crippen LogP contribution in [-0.2, 0) is 0 Å². The van der Waals surface area contributed by atoms with Crippen molar-refractivity contribution in [3.8, 4) is 0 Å². The summed E-state index contributed by atoms with van der Waals surface area (Å²) in [7, 11) is 0. The Bertz CT molecular complexity index is 47.7. The van der Waals surface area contributed by atoms with Crippen LogP contribution < -0.4 is 0 Å². The molecule has 8 heavy (non-hydrogen) atoms. The van der Waals surface area contributed by atoms with Crippen LogP contribution in [-0.4, -0.2) is 26.0 Å². The van der Waals surface area contributed by atoms with E-state index in [1.165, 1.54) is 10.9 Å². The molecule has 0 aliphatic carbocycles. The van der Waals surface area contributed by atoms with E-state index >= 15 is 0 Å². The van der Waals surface area contributed by atoms with Crippen LogP contribution in [0.5, 0.6) is 0 Å². The summed E-state index contributed by atoms with van der Waals surface area (Å²) < 4.78 is 2.61. The molecule has 50 valence electrons. The van der Waals surface area contributed by atoms with E-state index in [-0.39, 0.29) is 4.84 Å². The van der Waals surface area contributed by atoms with E-state index in [0.29, 0.717) is 0 Å². The molecule has 0 atom stereocenters. The van der Waals surface area contributed by atoms with Gasteiger partial charge in [0.05, 0.1) is 0 Å². The van der Waals surface area contributed by atoms with E-state index in [4.69, 9.17) is 23.2 Å². The van der Waals surface area contributed by atoms with Crippen molar-refractivity contribution in [3.05, 3.63) is 0 Å². The Morgan fingerprint density at radius 2 is 2.12 bits per heavy atom. The van der Waals surface area contributed by atoms with Gasteiger partial charge < -0.3 is 0 Å². The van der Waals surface area contributed by atoms with E-state index < -0.39 is 21.1 Å². The number of alkyl halides is 2. The van der Waals surface area contributed by atoms with Gasteiger partial charge in [0.1, 0.15) is 0 Å². The van der Waals surface area contributed by atoms with Gasteiger partial charge in [-0.3, -0.25) is 0 Å². The van der Waals surface area contributed by atoms with Crippen LogP contribution in [0, 0.1) is 0 Å². The fourth-order valence-electron chi connectivity index (χ4n) is 0.549. The van der Waals surface area contributed by atoms with Gasteiger partial charge >= 0.3 is 71.4 Å². The van der Waals surface area contributed by atoms with Crippen LogP contribution in [0.2, 0.25) is 8.87 Å². The minimum atomic E-state index is -0.443. The third-order valence-corrected chi connectivity index (χ3v) is 9.81. The first-order valence-corrected chi connectivity index (χ1v) is 9.63. The second kappa shape index (κ2) is 6.50. The first-order valence-electron chi connectivity index (χ1n) is 3.05. The molecule has 0 unspecified atom stereocenters. The zero-order valence-corrected chi connectivity index (χ0v) is 10.7. The summed E-state index contributed by atoms with van der Waals surface area (Å²) in [5, 5.41) is 0. The topological polar surface area (TPSA) is 0 Å². The van der Waals surface area contributed by atoms with Crippen molar-refractivity contribution in [2.45, 2.75) is 27.1 Å². The molecule has 0 nitrogen and oxygen atoms in total. The van der Waals surface area contributed by atoms with E-state index in [1.807, 2.05) is 0 Å². The summed E-state index contributed by atoms with van der Waals surface area (Å²) in [5.41, 5.74) is 0. The molecule has 0 fully saturated rings. The summed E-state index contributed by atoms with van der Waals surface area (Å²) in [5.74, 6) is 0. The maximum absolute atomic E-state index is 5.53. The van der Waals surface area contributed by atoms with E-state index in [0.717, 1.165) is 4.44 Å². The zero-order chi connectivity index (χ0) is 6.41. The summed E-state index contributed by atoms with van der Waals surface area (Å²) in [6.07, 6.45) is 1.33. The molecule has 0 saturated heterocycles. The Labute approximate surface area is 71.2 Å². The Balaban J connectivity index is 2.72. The molecule has 0 rings (SSSR count). The summed E-state index contributed by atoms with van der Waals surface area (Å²) in [4.78, 5) is -0.0580. The molecule has 0 bridgehead atoms. The first kappa shape index (κ1) is 9.38. The number of hydrogen-bond acceptors (Lipinski definition) is 0.